The zero-order valence-electron chi connectivity index (χ0n) is 13.9. The van der Waals surface area contributed by atoms with E-state index in [0.717, 1.165) is 41.0 Å². The second-order valence-corrected chi connectivity index (χ2v) is 5.77. The van der Waals surface area contributed by atoms with Gasteiger partial charge in [0, 0.05) is 35.6 Å². The van der Waals surface area contributed by atoms with Gasteiger partial charge in [-0.05, 0) is 51.3 Å². The molecule has 0 unspecified atom stereocenters. The molecule has 0 amide bonds. The smallest absolute Gasteiger partial charge is 0.165 e. The molecule has 1 N–H and O–H groups in total. The first-order valence-electron chi connectivity index (χ1n) is 7.78. The maximum atomic E-state index is 12.4. The van der Waals surface area contributed by atoms with Gasteiger partial charge in [-0.2, -0.15) is 0 Å². The van der Waals surface area contributed by atoms with Crippen molar-refractivity contribution in [3.8, 4) is 0 Å². The zero-order chi connectivity index (χ0) is 16.3. The monoisotopic (exact) mass is 296 g/mol. The second kappa shape index (κ2) is 6.73. The summed E-state index contributed by atoms with van der Waals surface area (Å²) in [5.74, 6) is 0.208. The summed E-state index contributed by atoms with van der Waals surface area (Å²) in [6.45, 7) is 8.84. The van der Waals surface area contributed by atoms with Crippen molar-refractivity contribution in [2.24, 2.45) is 0 Å². The van der Waals surface area contributed by atoms with Gasteiger partial charge in [0.2, 0.25) is 0 Å². The van der Waals surface area contributed by atoms with Crippen LogP contribution < -0.4 is 0 Å². The number of nitrogens with one attached hydrogen (secondary N) is 1. The van der Waals surface area contributed by atoms with E-state index in [1.54, 1.807) is 6.92 Å². The Balaban J connectivity index is 2.05. The van der Waals surface area contributed by atoms with Gasteiger partial charge < -0.3 is 9.98 Å². The lowest BCUT2D eigenvalue weighted by molar-refractivity contribution is 0.0982. The normalized spacial score (nSPS) is 10.7. The van der Waals surface area contributed by atoms with Crippen molar-refractivity contribution in [2.75, 3.05) is 0 Å². The zero-order valence-corrected chi connectivity index (χ0v) is 13.9. The van der Waals surface area contributed by atoms with Crippen LogP contribution in [-0.4, -0.2) is 16.1 Å². The van der Waals surface area contributed by atoms with Crippen LogP contribution >= 0.6 is 0 Å². The first kappa shape index (κ1) is 16.2. The maximum Gasteiger partial charge on any atom is 0.165 e. The Morgan fingerprint density at radius 2 is 1.82 bits per heavy atom. The molecule has 0 radical (unpaired) electrons. The lowest BCUT2D eigenvalue weighted by atomic mass is 10.0. The minimum absolute atomic E-state index is 0.208. The van der Waals surface area contributed by atoms with E-state index in [4.69, 9.17) is 5.41 Å². The third kappa shape index (κ3) is 3.35. The van der Waals surface area contributed by atoms with Crippen molar-refractivity contribution in [1.29, 1.82) is 5.41 Å². The van der Waals surface area contributed by atoms with E-state index in [0.29, 0.717) is 12.1 Å². The fraction of sp³-hybridized carbons (Fsp3) is 0.368. The molecule has 3 nitrogen and oxygen atoms in total. The number of ketones is 1. The Kier molecular flexibility index (Phi) is 4.96. The number of aromatic nitrogens is 1. The predicted octanol–water partition coefficient (Wildman–Crippen LogP) is 4.33. The molecule has 0 atom stereocenters. The molecule has 1 heterocycles. The Hall–Kier alpha value is -2.16. The lowest BCUT2D eigenvalue weighted by Crippen LogP contribution is -2.05. The second-order valence-electron chi connectivity index (χ2n) is 5.77. The van der Waals surface area contributed by atoms with Gasteiger partial charge in [-0.1, -0.05) is 24.3 Å². The van der Waals surface area contributed by atoms with Gasteiger partial charge in [0.1, 0.15) is 0 Å². The van der Waals surface area contributed by atoms with E-state index >= 15 is 0 Å². The predicted molar refractivity (Wildman–Crippen MR) is 91.2 cm³/mol. The van der Waals surface area contributed by atoms with Crippen LogP contribution in [0, 0.1) is 19.3 Å². The first-order valence-corrected chi connectivity index (χ1v) is 7.78. The minimum atomic E-state index is 0.208. The van der Waals surface area contributed by atoms with Gasteiger partial charge in [0.05, 0.1) is 0 Å². The number of Topliss-reactive ketones (excluding diaryl/α,β-unsaturated/α-hetero) is 1. The summed E-state index contributed by atoms with van der Waals surface area (Å²) in [6.07, 6.45) is 1.27. The van der Waals surface area contributed by atoms with Crippen molar-refractivity contribution in [3.63, 3.8) is 0 Å². The Morgan fingerprint density at radius 1 is 1.18 bits per heavy atom. The average molecular weight is 296 g/mol. The van der Waals surface area contributed by atoms with Crippen molar-refractivity contribution >= 4 is 11.5 Å². The summed E-state index contributed by atoms with van der Waals surface area (Å²) >= 11 is 0. The highest BCUT2D eigenvalue weighted by Crippen LogP contribution is 2.18. The van der Waals surface area contributed by atoms with Crippen LogP contribution in [0.25, 0.3) is 0 Å². The van der Waals surface area contributed by atoms with E-state index < -0.39 is 0 Å². The fourth-order valence-electron chi connectivity index (χ4n) is 2.88. The minimum Gasteiger partial charge on any atom is -0.349 e. The molecule has 2 aromatic rings. The van der Waals surface area contributed by atoms with Crippen LogP contribution in [0.3, 0.4) is 0 Å². The van der Waals surface area contributed by atoms with E-state index in [9.17, 15) is 4.79 Å². The van der Waals surface area contributed by atoms with E-state index in [1.165, 1.54) is 0 Å². The van der Waals surface area contributed by atoms with Crippen molar-refractivity contribution in [2.45, 2.75) is 47.1 Å². The first-order chi connectivity index (χ1) is 10.4. The highest BCUT2D eigenvalue weighted by molar-refractivity contribution is 5.98. The van der Waals surface area contributed by atoms with Gasteiger partial charge in [-0.15, -0.1) is 0 Å². The molecule has 0 aliphatic heterocycles. The average Bonchev–Trinajstić information content (AvgIpc) is 2.79. The molecule has 0 saturated carbocycles. The maximum absolute atomic E-state index is 12.4. The van der Waals surface area contributed by atoms with Crippen molar-refractivity contribution in [3.05, 3.63) is 58.4 Å². The standard InChI is InChI=1S/C19H24N2O/c1-5-21-13(2)12-18(15(21)4)19(22)11-8-16-6-9-17(10-7-16)14(3)20/h6-7,9-10,12,20H,5,8,11H2,1-4H3. The summed E-state index contributed by atoms with van der Waals surface area (Å²) in [4.78, 5) is 12.4. The summed E-state index contributed by atoms with van der Waals surface area (Å²) < 4.78 is 2.18. The number of hydrogen-bond acceptors (Lipinski definition) is 2. The fourth-order valence-corrected chi connectivity index (χ4v) is 2.88. The number of carbonyl (C=O) groups excluding carboxylic acids is 1. The van der Waals surface area contributed by atoms with Crippen LogP contribution in [0.5, 0.6) is 0 Å². The Bertz CT molecular complexity index is 693. The molecule has 3 heteroatoms. The molecule has 0 bridgehead atoms. The number of rotatable bonds is 6. The summed E-state index contributed by atoms with van der Waals surface area (Å²) in [7, 11) is 0. The van der Waals surface area contributed by atoms with Gasteiger partial charge >= 0.3 is 0 Å². The van der Waals surface area contributed by atoms with Crippen LogP contribution in [0.1, 0.15) is 53.1 Å². The molecule has 0 saturated heterocycles. The summed E-state index contributed by atoms with van der Waals surface area (Å²) in [6, 6.07) is 9.92. The molecule has 116 valence electrons. The largest absolute Gasteiger partial charge is 0.349 e. The van der Waals surface area contributed by atoms with Crippen LogP contribution in [0.15, 0.2) is 30.3 Å². The number of hydrogen-bond donors (Lipinski definition) is 1. The molecule has 0 spiro atoms. The molecular formula is C19H24N2O. The molecule has 0 aliphatic rings. The van der Waals surface area contributed by atoms with Gasteiger partial charge in [0.15, 0.2) is 5.78 Å². The van der Waals surface area contributed by atoms with Gasteiger partial charge in [-0.25, -0.2) is 0 Å². The van der Waals surface area contributed by atoms with E-state index in [-0.39, 0.29) is 5.78 Å². The Morgan fingerprint density at radius 3 is 2.32 bits per heavy atom. The third-order valence-electron chi connectivity index (χ3n) is 4.22. The quantitative estimate of drug-likeness (QED) is 0.626. The van der Waals surface area contributed by atoms with Crippen LogP contribution in [-0.2, 0) is 13.0 Å². The molecule has 1 aromatic carbocycles. The SMILES string of the molecule is CCn1c(C)cc(C(=O)CCc2ccc(C(C)=N)cc2)c1C. The number of nitrogens with zero attached hydrogens (tertiary/aromatic N) is 1. The molecule has 1 aromatic heterocycles. The molecule has 22 heavy (non-hydrogen) atoms. The third-order valence-corrected chi connectivity index (χ3v) is 4.22. The molecule has 0 fully saturated rings. The summed E-state index contributed by atoms with van der Waals surface area (Å²) in [5, 5.41) is 7.60. The van der Waals surface area contributed by atoms with Crippen molar-refractivity contribution < 1.29 is 4.79 Å². The Labute approximate surface area is 132 Å². The number of benzene rings is 1. The molecule has 2 rings (SSSR count). The van der Waals surface area contributed by atoms with Crippen LogP contribution in [0.4, 0.5) is 0 Å². The summed E-state index contributed by atoms with van der Waals surface area (Å²) in [5.41, 5.74) is 5.71. The van der Waals surface area contributed by atoms with E-state index in [1.807, 2.05) is 44.2 Å². The molecular weight excluding hydrogens is 272 g/mol. The van der Waals surface area contributed by atoms with Gasteiger partial charge in [-0.3, -0.25) is 4.79 Å². The van der Waals surface area contributed by atoms with Gasteiger partial charge in [0.25, 0.3) is 0 Å². The van der Waals surface area contributed by atoms with Crippen molar-refractivity contribution in [1.82, 2.24) is 4.57 Å². The van der Waals surface area contributed by atoms with Crippen LogP contribution in [0.2, 0.25) is 0 Å². The highest BCUT2D eigenvalue weighted by Gasteiger charge is 2.14. The lowest BCUT2D eigenvalue weighted by Gasteiger charge is -2.06. The number of aryl methyl sites for hydroxylation is 2. The number of carbonyl (C=O) groups is 1. The molecule has 0 aliphatic carbocycles. The topological polar surface area (TPSA) is 45.9 Å². The van der Waals surface area contributed by atoms with E-state index in [2.05, 4.69) is 11.5 Å². The highest BCUT2D eigenvalue weighted by atomic mass is 16.1.